The molecule has 0 aliphatic carbocycles. The maximum Gasteiger partial charge on any atom is 0.224 e. The summed E-state index contributed by atoms with van der Waals surface area (Å²) in [5.74, 6) is 0.917. The zero-order chi connectivity index (χ0) is 26.9. The number of hydrogen-bond acceptors (Lipinski definition) is 2. The molecule has 2 aromatic carbocycles. The van der Waals surface area contributed by atoms with Crippen LogP contribution in [-0.2, 0) is 11.4 Å². The van der Waals surface area contributed by atoms with Gasteiger partial charge in [-0.25, -0.2) is 0 Å². The zero-order valence-corrected chi connectivity index (χ0v) is 24.4. The number of ether oxygens (including phenoxy) is 1. The Morgan fingerprint density at radius 1 is 0.579 bits per heavy atom. The van der Waals surface area contributed by atoms with E-state index in [-0.39, 0.29) is 5.91 Å². The van der Waals surface area contributed by atoms with E-state index in [1.165, 1.54) is 109 Å². The first-order chi connectivity index (χ1) is 18.8. The second kappa shape index (κ2) is 22.7. The molecule has 0 fully saturated rings. The molecule has 0 unspecified atom stereocenters. The largest absolute Gasteiger partial charge is 0.489 e. The molecular weight excluding hydrogens is 466 g/mol. The molecule has 0 heterocycles. The van der Waals surface area contributed by atoms with Crippen molar-refractivity contribution in [3.05, 3.63) is 60.2 Å². The molecule has 3 nitrogen and oxygen atoms in total. The Morgan fingerprint density at radius 2 is 1.03 bits per heavy atom. The molecule has 0 saturated heterocycles. The van der Waals surface area contributed by atoms with E-state index in [0.717, 1.165) is 29.8 Å². The summed E-state index contributed by atoms with van der Waals surface area (Å²) in [4.78, 5) is 12.2. The van der Waals surface area contributed by atoms with Gasteiger partial charge in [0.25, 0.3) is 0 Å². The van der Waals surface area contributed by atoms with Gasteiger partial charge in [0, 0.05) is 12.1 Å². The van der Waals surface area contributed by atoms with Gasteiger partial charge in [-0.15, -0.1) is 0 Å². The quantitative estimate of drug-likeness (QED) is 0.139. The smallest absolute Gasteiger partial charge is 0.224 e. The summed E-state index contributed by atoms with van der Waals surface area (Å²) in [7, 11) is 0. The lowest BCUT2D eigenvalue weighted by Gasteiger charge is -2.09. The van der Waals surface area contributed by atoms with E-state index in [0.29, 0.717) is 13.0 Å². The number of nitrogens with one attached hydrogen (secondary N) is 1. The number of anilines is 1. The normalized spacial score (nSPS) is 11.0. The highest BCUT2D eigenvalue weighted by Crippen LogP contribution is 2.18. The predicted molar refractivity (Wildman–Crippen MR) is 164 cm³/mol. The number of amides is 1. The lowest BCUT2D eigenvalue weighted by molar-refractivity contribution is -0.116. The van der Waals surface area contributed by atoms with Crippen molar-refractivity contribution in [1.82, 2.24) is 0 Å². The van der Waals surface area contributed by atoms with Crippen molar-refractivity contribution in [3.8, 4) is 5.75 Å². The topological polar surface area (TPSA) is 38.3 Å². The van der Waals surface area contributed by atoms with Crippen LogP contribution < -0.4 is 10.1 Å². The third kappa shape index (κ3) is 17.3. The summed E-state index contributed by atoms with van der Waals surface area (Å²) in [6.07, 6.45) is 26.6. The van der Waals surface area contributed by atoms with Gasteiger partial charge < -0.3 is 10.1 Å². The Morgan fingerprint density at radius 3 is 1.50 bits per heavy atom. The number of rotatable bonds is 24. The van der Waals surface area contributed by atoms with E-state index in [4.69, 9.17) is 4.74 Å². The highest BCUT2D eigenvalue weighted by molar-refractivity contribution is 5.90. The molecular formula is C35H55NO2. The molecule has 0 saturated carbocycles. The van der Waals surface area contributed by atoms with Crippen molar-refractivity contribution in [2.24, 2.45) is 0 Å². The van der Waals surface area contributed by atoms with Crippen molar-refractivity contribution in [1.29, 1.82) is 0 Å². The molecule has 0 atom stereocenters. The Hall–Kier alpha value is -2.29. The fourth-order valence-electron chi connectivity index (χ4n) is 4.96. The Balaban J connectivity index is 1.33. The van der Waals surface area contributed by atoms with Crippen LogP contribution in [0.1, 0.15) is 141 Å². The standard InChI is InChI=1S/C35H55NO2/c1-2-3-4-5-6-7-8-9-10-11-12-13-14-15-16-17-18-19-23-26-35(37)36-33-27-29-34(30-28-33)38-31-32-24-21-20-22-25-32/h20-22,24-25,27-30H,2-19,23,26,31H2,1H3,(H,36,37). The number of carbonyl (C=O) groups excluding carboxylic acids is 1. The lowest BCUT2D eigenvalue weighted by atomic mass is 10.0. The molecule has 0 bridgehead atoms. The Kier molecular flexibility index (Phi) is 19.0. The molecule has 3 heteroatoms. The molecule has 0 radical (unpaired) electrons. The molecule has 0 aliphatic rings. The molecule has 1 N–H and O–H groups in total. The summed E-state index contributed by atoms with van der Waals surface area (Å²) in [5.41, 5.74) is 1.98. The van der Waals surface area contributed by atoms with E-state index in [9.17, 15) is 4.79 Å². The fraction of sp³-hybridized carbons (Fsp3) is 0.629. The SMILES string of the molecule is CCCCCCCCCCCCCCCCCCCCCC(=O)Nc1ccc(OCc2ccccc2)cc1. The first kappa shape index (κ1) is 31.9. The van der Waals surface area contributed by atoms with Gasteiger partial charge in [0.15, 0.2) is 0 Å². The summed E-state index contributed by atoms with van der Waals surface area (Å²) >= 11 is 0. The van der Waals surface area contributed by atoms with Gasteiger partial charge in [0.2, 0.25) is 5.91 Å². The highest BCUT2D eigenvalue weighted by atomic mass is 16.5. The van der Waals surface area contributed by atoms with Crippen LogP contribution in [0.15, 0.2) is 54.6 Å². The van der Waals surface area contributed by atoms with Gasteiger partial charge in [0.1, 0.15) is 12.4 Å². The molecule has 1 amide bonds. The molecule has 2 rings (SSSR count). The molecule has 0 aromatic heterocycles. The first-order valence-corrected chi connectivity index (χ1v) is 15.8. The van der Waals surface area contributed by atoms with E-state index in [1.54, 1.807) is 0 Å². The van der Waals surface area contributed by atoms with Crippen LogP contribution in [0.3, 0.4) is 0 Å². The maximum atomic E-state index is 12.2. The maximum absolute atomic E-state index is 12.2. The Bertz CT molecular complexity index is 802. The predicted octanol–water partition coefficient (Wildman–Crippen LogP) is 11.0. The third-order valence-electron chi connectivity index (χ3n) is 7.39. The van der Waals surface area contributed by atoms with Crippen molar-refractivity contribution in [3.63, 3.8) is 0 Å². The molecule has 38 heavy (non-hydrogen) atoms. The average Bonchev–Trinajstić information content (AvgIpc) is 2.94. The van der Waals surface area contributed by atoms with Crippen LogP contribution in [0.5, 0.6) is 5.75 Å². The average molecular weight is 522 g/mol. The minimum absolute atomic E-state index is 0.106. The fourth-order valence-corrected chi connectivity index (χ4v) is 4.96. The minimum Gasteiger partial charge on any atom is -0.489 e. The number of unbranched alkanes of at least 4 members (excludes halogenated alkanes) is 18. The van der Waals surface area contributed by atoms with Gasteiger partial charge in [-0.05, 0) is 36.2 Å². The van der Waals surface area contributed by atoms with Crippen molar-refractivity contribution >= 4 is 11.6 Å². The van der Waals surface area contributed by atoms with Gasteiger partial charge in [-0.1, -0.05) is 153 Å². The van der Waals surface area contributed by atoms with E-state index in [2.05, 4.69) is 24.4 Å². The summed E-state index contributed by atoms with van der Waals surface area (Å²) < 4.78 is 5.81. The van der Waals surface area contributed by atoms with Crippen molar-refractivity contribution in [2.45, 2.75) is 142 Å². The van der Waals surface area contributed by atoms with E-state index < -0.39 is 0 Å². The van der Waals surface area contributed by atoms with Crippen LogP contribution in [0.4, 0.5) is 5.69 Å². The minimum atomic E-state index is 0.106. The summed E-state index contributed by atoms with van der Waals surface area (Å²) in [5, 5.41) is 3.01. The first-order valence-electron chi connectivity index (χ1n) is 15.8. The molecule has 212 valence electrons. The third-order valence-corrected chi connectivity index (χ3v) is 7.39. The van der Waals surface area contributed by atoms with Crippen LogP contribution in [0, 0.1) is 0 Å². The Labute approximate surface area is 234 Å². The summed E-state index contributed by atoms with van der Waals surface area (Å²) in [6.45, 7) is 2.84. The molecule has 2 aromatic rings. The zero-order valence-electron chi connectivity index (χ0n) is 24.4. The van der Waals surface area contributed by atoms with E-state index in [1.807, 2.05) is 42.5 Å². The number of carbonyl (C=O) groups is 1. The molecule has 0 spiro atoms. The monoisotopic (exact) mass is 521 g/mol. The number of benzene rings is 2. The van der Waals surface area contributed by atoms with Crippen LogP contribution >= 0.6 is 0 Å². The van der Waals surface area contributed by atoms with Crippen LogP contribution in [0.25, 0.3) is 0 Å². The van der Waals surface area contributed by atoms with Crippen LogP contribution in [0.2, 0.25) is 0 Å². The number of hydrogen-bond donors (Lipinski definition) is 1. The van der Waals surface area contributed by atoms with Gasteiger partial charge in [-0.2, -0.15) is 0 Å². The summed E-state index contributed by atoms with van der Waals surface area (Å²) in [6, 6.07) is 17.8. The molecule has 0 aliphatic heterocycles. The highest BCUT2D eigenvalue weighted by Gasteiger charge is 2.03. The van der Waals surface area contributed by atoms with Gasteiger partial charge in [-0.3, -0.25) is 4.79 Å². The van der Waals surface area contributed by atoms with Crippen molar-refractivity contribution in [2.75, 3.05) is 5.32 Å². The van der Waals surface area contributed by atoms with Crippen molar-refractivity contribution < 1.29 is 9.53 Å². The lowest BCUT2D eigenvalue weighted by Crippen LogP contribution is -2.10. The van der Waals surface area contributed by atoms with E-state index >= 15 is 0 Å². The van der Waals surface area contributed by atoms with Crippen LogP contribution in [-0.4, -0.2) is 5.91 Å². The second-order valence-corrected chi connectivity index (χ2v) is 11.0. The van der Waals surface area contributed by atoms with Gasteiger partial charge in [0.05, 0.1) is 0 Å². The van der Waals surface area contributed by atoms with Gasteiger partial charge >= 0.3 is 0 Å². The second-order valence-electron chi connectivity index (χ2n) is 11.0.